The highest BCUT2D eigenvalue weighted by molar-refractivity contribution is 7.22. The van der Waals surface area contributed by atoms with Gasteiger partial charge in [0.25, 0.3) is 0 Å². The summed E-state index contributed by atoms with van der Waals surface area (Å²) < 4.78 is 18.9. The second kappa shape index (κ2) is 11.8. The molecule has 6 rings (SSSR count). The molecule has 0 saturated heterocycles. The minimum Gasteiger partial charge on any atom is -0.489 e. The van der Waals surface area contributed by atoms with Gasteiger partial charge in [-0.3, -0.25) is 0 Å². The molecule has 0 spiro atoms. The van der Waals surface area contributed by atoms with Gasteiger partial charge >= 0.3 is 5.97 Å². The zero-order valence-corrected chi connectivity index (χ0v) is 25.1. The lowest BCUT2D eigenvalue weighted by molar-refractivity contribution is 0.0145. The number of halogens is 2. The van der Waals surface area contributed by atoms with Gasteiger partial charge in [-0.25, -0.2) is 9.78 Å². The Kier molecular flexibility index (Phi) is 8.14. The van der Waals surface area contributed by atoms with Gasteiger partial charge in [0.1, 0.15) is 22.7 Å². The maximum absolute atomic E-state index is 11.6. The number of anilines is 1. The van der Waals surface area contributed by atoms with Gasteiger partial charge in [-0.1, -0.05) is 45.8 Å². The highest BCUT2D eigenvalue weighted by atomic mass is 35.5. The fourth-order valence-corrected chi connectivity index (χ4v) is 6.90. The molecular formula is C30H31Cl2N3O5S. The third-order valence-electron chi connectivity index (χ3n) is 7.50. The summed E-state index contributed by atoms with van der Waals surface area (Å²) in [6, 6.07) is 8.89. The van der Waals surface area contributed by atoms with Crippen LogP contribution in [0.25, 0.3) is 21.5 Å². The number of carboxylic acid groups (broad SMARTS) is 1. The number of aromatic nitrogens is 2. The second-order valence-corrected chi connectivity index (χ2v) is 12.8. The number of aromatic carboxylic acids is 1. The normalized spacial score (nSPS) is 19.1. The quantitative estimate of drug-likeness (QED) is 0.183. The van der Waals surface area contributed by atoms with E-state index in [2.05, 4.69) is 10.5 Å². The van der Waals surface area contributed by atoms with Crippen molar-refractivity contribution in [2.75, 3.05) is 5.32 Å². The maximum atomic E-state index is 11.6. The monoisotopic (exact) mass is 615 g/mol. The molecule has 0 aliphatic heterocycles. The van der Waals surface area contributed by atoms with E-state index in [0.717, 1.165) is 59.7 Å². The summed E-state index contributed by atoms with van der Waals surface area (Å²) in [7, 11) is 0. The van der Waals surface area contributed by atoms with Gasteiger partial charge in [-0.05, 0) is 76.6 Å². The van der Waals surface area contributed by atoms with Gasteiger partial charge < -0.3 is 24.4 Å². The maximum Gasteiger partial charge on any atom is 0.335 e. The van der Waals surface area contributed by atoms with E-state index >= 15 is 0 Å². The van der Waals surface area contributed by atoms with Gasteiger partial charge in [0.05, 0.1) is 39.1 Å². The Bertz CT molecular complexity index is 1550. The molecule has 216 valence electrons. The van der Waals surface area contributed by atoms with Crippen LogP contribution in [0.4, 0.5) is 5.13 Å². The standard InChI is InChI=1S/C30H31Cl2N3O5S/c1-15(2)39-23-12-17(29(36)37)13-24-27(23)34-30(41-24)33-18-8-10-19(11-9-18)38-14-20-26(35-40-28(20)16-6-7-16)25-21(31)4-3-5-22(25)32/h3-5,12-13,15-16,18-19H,6-11,14H2,1-2H3,(H,33,34)(H,36,37). The number of carbonyl (C=O) groups is 1. The van der Waals surface area contributed by atoms with Crippen molar-refractivity contribution >= 4 is 55.9 Å². The molecule has 0 radical (unpaired) electrons. The fourth-order valence-electron chi connectivity index (χ4n) is 5.33. The summed E-state index contributed by atoms with van der Waals surface area (Å²) in [5.74, 6) is 0.768. The first kappa shape index (κ1) is 28.3. The summed E-state index contributed by atoms with van der Waals surface area (Å²) in [5.41, 5.74) is 3.17. The van der Waals surface area contributed by atoms with Crippen molar-refractivity contribution in [3.05, 3.63) is 57.3 Å². The molecule has 0 amide bonds. The van der Waals surface area contributed by atoms with E-state index in [1.54, 1.807) is 12.1 Å². The summed E-state index contributed by atoms with van der Waals surface area (Å²) in [6.45, 7) is 4.22. The number of ether oxygens (including phenoxy) is 2. The molecule has 0 unspecified atom stereocenters. The van der Waals surface area contributed by atoms with Crippen molar-refractivity contribution in [2.45, 2.75) is 83.1 Å². The predicted octanol–water partition coefficient (Wildman–Crippen LogP) is 8.56. The summed E-state index contributed by atoms with van der Waals surface area (Å²) in [5, 5.41) is 19.3. The second-order valence-electron chi connectivity index (χ2n) is 11.0. The van der Waals surface area contributed by atoms with Crippen LogP contribution in [0.5, 0.6) is 5.75 Å². The SMILES string of the molecule is CC(C)Oc1cc(C(=O)O)cc2sc(NC3CCC(OCc4c(-c5c(Cl)cccc5Cl)noc4C4CC4)CC3)nc12. The van der Waals surface area contributed by atoms with E-state index in [0.29, 0.717) is 45.1 Å². The van der Waals surface area contributed by atoms with Crippen molar-refractivity contribution in [1.29, 1.82) is 0 Å². The average Bonchev–Trinajstić information content (AvgIpc) is 3.56. The van der Waals surface area contributed by atoms with Crippen LogP contribution in [0.3, 0.4) is 0 Å². The molecule has 8 nitrogen and oxygen atoms in total. The number of fused-ring (bicyclic) bond motifs is 1. The highest BCUT2D eigenvalue weighted by Crippen LogP contribution is 2.46. The van der Waals surface area contributed by atoms with E-state index < -0.39 is 5.97 Å². The summed E-state index contributed by atoms with van der Waals surface area (Å²) >= 11 is 14.4. The van der Waals surface area contributed by atoms with Crippen molar-refractivity contribution < 1.29 is 23.9 Å². The summed E-state index contributed by atoms with van der Waals surface area (Å²) in [4.78, 5) is 16.4. The molecule has 2 saturated carbocycles. The number of carboxylic acids is 1. The zero-order chi connectivity index (χ0) is 28.7. The molecule has 2 N–H and O–H groups in total. The number of hydrogen-bond donors (Lipinski definition) is 2. The number of benzene rings is 2. The smallest absolute Gasteiger partial charge is 0.335 e. The van der Waals surface area contributed by atoms with Crippen LogP contribution in [0.1, 0.15) is 80.0 Å². The number of thiazole rings is 1. The van der Waals surface area contributed by atoms with Gasteiger partial charge in [0, 0.05) is 23.1 Å². The van der Waals surface area contributed by atoms with Crippen LogP contribution in [0.2, 0.25) is 10.0 Å². The Hall–Kier alpha value is -2.85. The molecule has 2 fully saturated rings. The van der Waals surface area contributed by atoms with E-state index in [-0.39, 0.29) is 23.8 Å². The van der Waals surface area contributed by atoms with Crippen molar-refractivity contribution in [3.8, 4) is 17.0 Å². The van der Waals surface area contributed by atoms with Crippen molar-refractivity contribution in [2.24, 2.45) is 0 Å². The Morgan fingerprint density at radius 1 is 1.15 bits per heavy atom. The zero-order valence-electron chi connectivity index (χ0n) is 22.8. The molecule has 2 aliphatic carbocycles. The van der Waals surface area contributed by atoms with Crippen LogP contribution in [0, 0.1) is 0 Å². The van der Waals surface area contributed by atoms with Crippen LogP contribution in [-0.2, 0) is 11.3 Å². The van der Waals surface area contributed by atoms with Crippen LogP contribution < -0.4 is 10.1 Å². The minimum absolute atomic E-state index is 0.0911. The first-order chi connectivity index (χ1) is 19.8. The van der Waals surface area contributed by atoms with Gasteiger partial charge in [0.15, 0.2) is 5.13 Å². The first-order valence-electron chi connectivity index (χ1n) is 13.9. The Morgan fingerprint density at radius 2 is 1.88 bits per heavy atom. The Balaban J connectivity index is 1.11. The van der Waals surface area contributed by atoms with Crippen LogP contribution in [0.15, 0.2) is 34.9 Å². The molecule has 2 aromatic carbocycles. The van der Waals surface area contributed by atoms with E-state index in [1.807, 2.05) is 32.0 Å². The fraction of sp³-hybridized carbons (Fsp3) is 0.433. The van der Waals surface area contributed by atoms with Crippen molar-refractivity contribution in [3.63, 3.8) is 0 Å². The molecule has 2 aliphatic rings. The number of rotatable bonds is 10. The lowest BCUT2D eigenvalue weighted by Crippen LogP contribution is -2.29. The number of nitrogens with zero attached hydrogens (tertiary/aromatic N) is 2. The molecule has 41 heavy (non-hydrogen) atoms. The lowest BCUT2D eigenvalue weighted by Gasteiger charge is -2.29. The van der Waals surface area contributed by atoms with Crippen LogP contribution >= 0.6 is 34.5 Å². The van der Waals surface area contributed by atoms with E-state index in [4.69, 9.17) is 42.2 Å². The molecule has 0 atom stereocenters. The van der Waals surface area contributed by atoms with Gasteiger partial charge in [-0.15, -0.1) is 0 Å². The number of hydrogen-bond acceptors (Lipinski definition) is 8. The summed E-state index contributed by atoms with van der Waals surface area (Å²) in [6.07, 6.45) is 5.86. The molecule has 4 aromatic rings. The molecule has 0 bridgehead atoms. The van der Waals surface area contributed by atoms with E-state index in [9.17, 15) is 9.90 Å². The Morgan fingerprint density at radius 3 is 2.54 bits per heavy atom. The van der Waals surface area contributed by atoms with Gasteiger partial charge in [0.2, 0.25) is 0 Å². The third kappa shape index (κ3) is 6.18. The highest BCUT2D eigenvalue weighted by Gasteiger charge is 2.34. The molecule has 2 heterocycles. The topological polar surface area (TPSA) is 107 Å². The van der Waals surface area contributed by atoms with Gasteiger partial charge in [-0.2, -0.15) is 0 Å². The largest absolute Gasteiger partial charge is 0.489 e. The molecular weight excluding hydrogens is 585 g/mol. The third-order valence-corrected chi connectivity index (χ3v) is 9.06. The first-order valence-corrected chi connectivity index (χ1v) is 15.5. The molecule has 2 aromatic heterocycles. The van der Waals surface area contributed by atoms with Crippen molar-refractivity contribution in [1.82, 2.24) is 10.1 Å². The lowest BCUT2D eigenvalue weighted by atomic mass is 9.93. The Labute approximate surface area is 251 Å². The minimum atomic E-state index is -0.987. The average molecular weight is 617 g/mol. The predicted molar refractivity (Wildman–Crippen MR) is 161 cm³/mol. The van der Waals surface area contributed by atoms with E-state index in [1.165, 1.54) is 11.3 Å². The van der Waals surface area contributed by atoms with Crippen LogP contribution in [-0.4, -0.2) is 39.5 Å². The molecule has 11 heteroatoms. The number of nitrogens with one attached hydrogen (secondary N) is 1.